The third kappa shape index (κ3) is 4.21. The minimum Gasteiger partial charge on any atom is -0.326 e. The van der Waals surface area contributed by atoms with E-state index in [0.717, 1.165) is 50.0 Å². The highest BCUT2D eigenvalue weighted by atomic mass is 16.2. The molecule has 2 aromatic rings. The van der Waals surface area contributed by atoms with Crippen molar-refractivity contribution in [2.75, 3.05) is 16.8 Å². The lowest BCUT2D eigenvalue weighted by Gasteiger charge is -2.36. The van der Waals surface area contributed by atoms with E-state index in [1.807, 2.05) is 24.3 Å². The van der Waals surface area contributed by atoms with Crippen LogP contribution in [0.15, 0.2) is 30.6 Å². The first-order chi connectivity index (χ1) is 13.6. The number of rotatable bonds is 6. The van der Waals surface area contributed by atoms with E-state index < -0.39 is 0 Å². The molecule has 0 unspecified atom stereocenters. The first kappa shape index (κ1) is 18.6. The Labute approximate surface area is 164 Å². The van der Waals surface area contributed by atoms with Gasteiger partial charge >= 0.3 is 0 Å². The van der Waals surface area contributed by atoms with Gasteiger partial charge in [0, 0.05) is 30.8 Å². The Kier molecular flexibility index (Phi) is 5.36. The molecule has 0 spiro atoms. The summed E-state index contributed by atoms with van der Waals surface area (Å²) < 4.78 is 1.74. The molecule has 28 heavy (non-hydrogen) atoms. The molecule has 1 aliphatic carbocycles. The summed E-state index contributed by atoms with van der Waals surface area (Å²) in [7, 11) is 0. The minimum absolute atomic E-state index is 0.0139. The Morgan fingerprint density at radius 3 is 2.54 bits per heavy atom. The topological polar surface area (TPSA) is 93.0 Å². The van der Waals surface area contributed by atoms with E-state index in [0.29, 0.717) is 19.4 Å². The van der Waals surface area contributed by atoms with Crippen LogP contribution in [0, 0.1) is 5.41 Å². The summed E-state index contributed by atoms with van der Waals surface area (Å²) in [5, 5.41) is 14.4. The van der Waals surface area contributed by atoms with Crippen molar-refractivity contribution >= 4 is 23.2 Å². The van der Waals surface area contributed by atoms with Gasteiger partial charge in [-0.2, -0.15) is 0 Å². The van der Waals surface area contributed by atoms with Crippen molar-refractivity contribution in [2.45, 2.75) is 57.9 Å². The number of anilines is 2. The molecule has 4 rings (SSSR count). The van der Waals surface area contributed by atoms with Gasteiger partial charge in [-0.1, -0.05) is 19.3 Å². The molecule has 8 nitrogen and oxygen atoms in total. The minimum atomic E-state index is -0.0976. The largest absolute Gasteiger partial charge is 0.326 e. The first-order valence-electron chi connectivity index (χ1n) is 10.0. The van der Waals surface area contributed by atoms with Crippen molar-refractivity contribution < 1.29 is 9.59 Å². The first-order valence-corrected chi connectivity index (χ1v) is 10.0. The van der Waals surface area contributed by atoms with E-state index in [4.69, 9.17) is 0 Å². The SMILES string of the molecule is O=C(CC1(Cn2cnnn2)CCCCC1)Nc1ccc(N2CCCC2=O)cc1. The molecule has 0 radical (unpaired) electrons. The summed E-state index contributed by atoms with van der Waals surface area (Å²) in [6, 6.07) is 7.54. The molecule has 1 saturated carbocycles. The van der Waals surface area contributed by atoms with Crippen molar-refractivity contribution in [3.8, 4) is 0 Å². The summed E-state index contributed by atoms with van der Waals surface area (Å²) in [5.41, 5.74) is 1.55. The molecule has 2 aliphatic rings. The van der Waals surface area contributed by atoms with E-state index >= 15 is 0 Å². The van der Waals surface area contributed by atoms with Gasteiger partial charge in [0.25, 0.3) is 0 Å². The highest BCUT2D eigenvalue weighted by molar-refractivity contribution is 5.96. The number of hydrogen-bond acceptors (Lipinski definition) is 5. The van der Waals surface area contributed by atoms with Crippen molar-refractivity contribution in [3.05, 3.63) is 30.6 Å². The molecular formula is C20H26N6O2. The summed E-state index contributed by atoms with van der Waals surface area (Å²) in [6.07, 6.45) is 9.10. The van der Waals surface area contributed by atoms with Crippen LogP contribution in [-0.2, 0) is 16.1 Å². The number of tetrazole rings is 1. The average molecular weight is 382 g/mol. The molecule has 148 valence electrons. The third-order valence-corrected chi connectivity index (χ3v) is 5.87. The number of aromatic nitrogens is 4. The van der Waals surface area contributed by atoms with Crippen LogP contribution in [0.5, 0.6) is 0 Å². The Morgan fingerprint density at radius 1 is 1.11 bits per heavy atom. The second-order valence-corrected chi connectivity index (χ2v) is 7.99. The molecular weight excluding hydrogens is 356 g/mol. The highest BCUT2D eigenvalue weighted by Crippen LogP contribution is 2.41. The van der Waals surface area contributed by atoms with E-state index in [1.54, 1.807) is 15.9 Å². The zero-order valence-electron chi connectivity index (χ0n) is 16.0. The van der Waals surface area contributed by atoms with E-state index in [1.165, 1.54) is 6.42 Å². The number of nitrogens with one attached hydrogen (secondary N) is 1. The number of nitrogens with zero attached hydrogens (tertiary/aromatic N) is 5. The van der Waals surface area contributed by atoms with Gasteiger partial charge in [-0.05, 0) is 59.4 Å². The quantitative estimate of drug-likeness (QED) is 0.829. The fourth-order valence-electron chi connectivity index (χ4n) is 4.48. The fraction of sp³-hybridized carbons (Fsp3) is 0.550. The second kappa shape index (κ2) is 8.08. The van der Waals surface area contributed by atoms with Gasteiger partial charge in [0.05, 0.1) is 6.54 Å². The fourth-order valence-corrected chi connectivity index (χ4v) is 4.48. The van der Waals surface area contributed by atoms with Gasteiger partial charge in [-0.25, -0.2) is 4.68 Å². The Hall–Kier alpha value is -2.77. The predicted molar refractivity (Wildman–Crippen MR) is 105 cm³/mol. The van der Waals surface area contributed by atoms with Crippen LogP contribution in [0.25, 0.3) is 0 Å². The molecule has 1 aliphatic heterocycles. The van der Waals surface area contributed by atoms with Crippen LogP contribution in [0.3, 0.4) is 0 Å². The molecule has 0 bridgehead atoms. The number of carbonyl (C=O) groups is 2. The van der Waals surface area contributed by atoms with Gasteiger partial charge in [0.1, 0.15) is 6.33 Å². The third-order valence-electron chi connectivity index (χ3n) is 5.87. The smallest absolute Gasteiger partial charge is 0.227 e. The van der Waals surface area contributed by atoms with Crippen LogP contribution in [0.2, 0.25) is 0 Å². The van der Waals surface area contributed by atoms with Crippen LogP contribution in [-0.4, -0.2) is 38.6 Å². The molecule has 1 N–H and O–H groups in total. The maximum absolute atomic E-state index is 12.8. The number of amides is 2. The van der Waals surface area contributed by atoms with Crippen molar-refractivity contribution in [1.82, 2.24) is 20.2 Å². The van der Waals surface area contributed by atoms with E-state index in [9.17, 15) is 9.59 Å². The van der Waals surface area contributed by atoms with Crippen molar-refractivity contribution in [3.63, 3.8) is 0 Å². The maximum Gasteiger partial charge on any atom is 0.227 e. The van der Waals surface area contributed by atoms with Crippen LogP contribution < -0.4 is 10.2 Å². The number of hydrogen-bond donors (Lipinski definition) is 1. The van der Waals surface area contributed by atoms with E-state index in [2.05, 4.69) is 20.8 Å². The summed E-state index contributed by atoms with van der Waals surface area (Å²) in [4.78, 5) is 26.4. The lowest BCUT2D eigenvalue weighted by atomic mass is 9.71. The zero-order valence-corrected chi connectivity index (χ0v) is 16.0. The molecule has 1 aromatic heterocycles. The van der Waals surface area contributed by atoms with Gasteiger partial charge < -0.3 is 10.2 Å². The summed E-state index contributed by atoms with van der Waals surface area (Å²) in [6.45, 7) is 1.44. The van der Waals surface area contributed by atoms with Gasteiger partial charge in [0.15, 0.2) is 0 Å². The van der Waals surface area contributed by atoms with Crippen LogP contribution >= 0.6 is 0 Å². The van der Waals surface area contributed by atoms with Crippen molar-refractivity contribution in [1.29, 1.82) is 0 Å². The predicted octanol–water partition coefficient (Wildman–Crippen LogP) is 2.78. The normalized spacial score (nSPS) is 19.0. The Balaban J connectivity index is 1.40. The Bertz CT molecular complexity index is 812. The maximum atomic E-state index is 12.8. The molecule has 2 heterocycles. The molecule has 1 aromatic carbocycles. The summed E-state index contributed by atoms with van der Waals surface area (Å²) in [5.74, 6) is 0.179. The molecule has 0 atom stereocenters. The average Bonchev–Trinajstić information content (AvgIpc) is 3.34. The molecule has 1 saturated heterocycles. The van der Waals surface area contributed by atoms with Crippen molar-refractivity contribution in [2.24, 2.45) is 5.41 Å². The van der Waals surface area contributed by atoms with Gasteiger partial charge in [-0.3, -0.25) is 9.59 Å². The standard InChI is InChI=1S/C20H26N6O2/c27-18(13-20(10-2-1-3-11-20)14-25-15-21-23-24-25)22-16-6-8-17(9-7-16)26-12-4-5-19(26)28/h6-9,15H,1-5,10-14H2,(H,22,27). The van der Waals surface area contributed by atoms with Gasteiger partial charge in [-0.15, -0.1) is 5.10 Å². The number of carbonyl (C=O) groups excluding carboxylic acids is 2. The molecule has 2 amide bonds. The number of benzene rings is 1. The van der Waals surface area contributed by atoms with E-state index in [-0.39, 0.29) is 17.2 Å². The Morgan fingerprint density at radius 2 is 1.89 bits per heavy atom. The molecule has 2 fully saturated rings. The lowest BCUT2D eigenvalue weighted by molar-refractivity contribution is -0.119. The monoisotopic (exact) mass is 382 g/mol. The second-order valence-electron chi connectivity index (χ2n) is 7.99. The summed E-state index contributed by atoms with van der Waals surface area (Å²) >= 11 is 0. The zero-order chi connectivity index (χ0) is 19.4. The highest BCUT2D eigenvalue weighted by Gasteiger charge is 2.35. The lowest BCUT2D eigenvalue weighted by Crippen LogP contribution is -2.34. The van der Waals surface area contributed by atoms with Crippen LogP contribution in [0.1, 0.15) is 51.4 Å². The van der Waals surface area contributed by atoms with Gasteiger partial charge in [0.2, 0.25) is 11.8 Å². The van der Waals surface area contributed by atoms with Crippen LogP contribution in [0.4, 0.5) is 11.4 Å². The molecule has 8 heteroatoms.